The fourth-order valence-electron chi connectivity index (χ4n) is 3.82. The molecular formula is C17H24NO2+. The lowest BCUT2D eigenvalue weighted by Crippen LogP contribution is -3.18. The van der Waals surface area contributed by atoms with E-state index in [-0.39, 0.29) is 5.97 Å². The van der Waals surface area contributed by atoms with Crippen LogP contribution in [0.25, 0.3) is 0 Å². The molecule has 0 aliphatic carbocycles. The van der Waals surface area contributed by atoms with Gasteiger partial charge >= 0.3 is 5.97 Å². The van der Waals surface area contributed by atoms with Crippen LogP contribution in [0.5, 0.6) is 0 Å². The minimum atomic E-state index is -0.173. The van der Waals surface area contributed by atoms with Crippen molar-refractivity contribution in [3.05, 3.63) is 35.9 Å². The van der Waals surface area contributed by atoms with Gasteiger partial charge in [0, 0.05) is 5.92 Å². The van der Waals surface area contributed by atoms with Crippen LogP contribution in [0.4, 0.5) is 0 Å². The van der Waals surface area contributed by atoms with E-state index in [9.17, 15) is 4.79 Å². The molecule has 108 valence electrons. The maximum absolute atomic E-state index is 12.0. The van der Waals surface area contributed by atoms with E-state index in [1.807, 2.05) is 30.3 Å². The van der Waals surface area contributed by atoms with E-state index in [1.165, 1.54) is 45.2 Å². The summed E-state index contributed by atoms with van der Waals surface area (Å²) in [6.45, 7) is 3.23. The molecule has 3 nitrogen and oxygen atoms in total. The van der Waals surface area contributed by atoms with Gasteiger partial charge in [0.1, 0.15) is 6.61 Å². The van der Waals surface area contributed by atoms with Crippen molar-refractivity contribution in [1.29, 1.82) is 0 Å². The number of fused-ring (bicyclic) bond motifs is 1. The number of esters is 1. The summed E-state index contributed by atoms with van der Waals surface area (Å²) in [4.78, 5) is 13.8. The van der Waals surface area contributed by atoms with E-state index in [0.29, 0.717) is 18.1 Å². The second kappa shape index (κ2) is 6.40. The number of ether oxygens (including phenoxy) is 1. The van der Waals surface area contributed by atoms with Gasteiger partial charge in [-0.25, -0.2) is 4.79 Å². The van der Waals surface area contributed by atoms with Crippen molar-refractivity contribution >= 4 is 5.97 Å². The highest BCUT2D eigenvalue weighted by atomic mass is 16.5. The van der Waals surface area contributed by atoms with Crippen LogP contribution < -0.4 is 4.90 Å². The first-order valence-electron chi connectivity index (χ1n) is 7.91. The Morgan fingerprint density at radius 3 is 2.75 bits per heavy atom. The third kappa shape index (κ3) is 3.04. The molecule has 2 aliphatic heterocycles. The Labute approximate surface area is 120 Å². The summed E-state index contributed by atoms with van der Waals surface area (Å²) in [6.07, 6.45) is 6.51. The Bertz CT molecular complexity index is 444. The molecule has 20 heavy (non-hydrogen) atoms. The zero-order valence-electron chi connectivity index (χ0n) is 12.0. The maximum Gasteiger partial charge on any atom is 0.338 e. The summed E-state index contributed by atoms with van der Waals surface area (Å²) >= 11 is 0. The molecule has 3 heteroatoms. The van der Waals surface area contributed by atoms with Gasteiger partial charge in [-0.3, -0.25) is 0 Å². The fraction of sp³-hybridized carbons (Fsp3) is 0.588. The van der Waals surface area contributed by atoms with Crippen LogP contribution in [0.15, 0.2) is 30.3 Å². The van der Waals surface area contributed by atoms with E-state index in [4.69, 9.17) is 4.74 Å². The second-order valence-corrected chi connectivity index (χ2v) is 6.13. The molecule has 0 aromatic heterocycles. The first-order valence-corrected chi connectivity index (χ1v) is 7.91. The Balaban J connectivity index is 1.56. The average molecular weight is 274 g/mol. The van der Waals surface area contributed by atoms with Gasteiger partial charge in [0.25, 0.3) is 0 Å². The van der Waals surface area contributed by atoms with Crippen LogP contribution in [0.2, 0.25) is 0 Å². The summed E-state index contributed by atoms with van der Waals surface area (Å²) < 4.78 is 5.56. The van der Waals surface area contributed by atoms with Crippen LogP contribution in [-0.4, -0.2) is 31.7 Å². The molecular weight excluding hydrogens is 250 g/mol. The quantitative estimate of drug-likeness (QED) is 0.850. The van der Waals surface area contributed by atoms with E-state index in [1.54, 1.807) is 4.90 Å². The van der Waals surface area contributed by atoms with Crippen molar-refractivity contribution in [2.75, 3.05) is 19.7 Å². The molecule has 2 saturated heterocycles. The molecule has 0 spiro atoms. The standard InChI is InChI=1S/C17H23NO2/c19-17(14-7-2-1-3-8-14)20-13-15-9-6-12-18-11-5-4-10-16(15)18/h1-3,7-8,15-16H,4-6,9-13H2/p+1/t15-,16+/m0/s1. The summed E-state index contributed by atoms with van der Waals surface area (Å²) in [5.41, 5.74) is 0.663. The van der Waals surface area contributed by atoms with Gasteiger partial charge in [-0.15, -0.1) is 0 Å². The van der Waals surface area contributed by atoms with Gasteiger partial charge in [0.2, 0.25) is 0 Å². The summed E-state index contributed by atoms with van der Waals surface area (Å²) in [5.74, 6) is 0.389. The molecule has 2 fully saturated rings. The lowest BCUT2D eigenvalue weighted by atomic mass is 9.84. The predicted molar refractivity (Wildman–Crippen MR) is 77.8 cm³/mol. The summed E-state index contributed by atoms with van der Waals surface area (Å²) in [6, 6.07) is 10.0. The van der Waals surface area contributed by atoms with Crippen molar-refractivity contribution < 1.29 is 14.4 Å². The van der Waals surface area contributed by atoms with Crippen molar-refractivity contribution in [2.45, 2.75) is 38.1 Å². The number of rotatable bonds is 3. The average Bonchev–Trinajstić information content (AvgIpc) is 2.53. The smallest absolute Gasteiger partial charge is 0.338 e. The van der Waals surface area contributed by atoms with Gasteiger partial charge < -0.3 is 9.64 Å². The largest absolute Gasteiger partial charge is 0.462 e. The Kier molecular flexibility index (Phi) is 4.36. The van der Waals surface area contributed by atoms with Crippen LogP contribution >= 0.6 is 0 Å². The minimum Gasteiger partial charge on any atom is -0.462 e. The lowest BCUT2D eigenvalue weighted by Gasteiger charge is -2.40. The Hall–Kier alpha value is -1.35. The Morgan fingerprint density at radius 2 is 1.90 bits per heavy atom. The number of piperidine rings is 2. The topological polar surface area (TPSA) is 30.7 Å². The van der Waals surface area contributed by atoms with Crippen molar-refractivity contribution in [3.8, 4) is 0 Å². The molecule has 0 amide bonds. The van der Waals surface area contributed by atoms with E-state index in [0.717, 1.165) is 6.04 Å². The van der Waals surface area contributed by atoms with Gasteiger partial charge in [0.15, 0.2) is 0 Å². The Morgan fingerprint density at radius 1 is 1.10 bits per heavy atom. The van der Waals surface area contributed by atoms with Crippen LogP contribution in [-0.2, 0) is 4.74 Å². The number of benzene rings is 1. The van der Waals surface area contributed by atoms with Gasteiger partial charge in [0.05, 0.1) is 24.7 Å². The van der Waals surface area contributed by atoms with E-state index < -0.39 is 0 Å². The predicted octanol–water partition coefficient (Wildman–Crippen LogP) is 1.69. The summed E-state index contributed by atoms with van der Waals surface area (Å²) in [7, 11) is 0. The highest BCUT2D eigenvalue weighted by molar-refractivity contribution is 5.89. The SMILES string of the molecule is O=C(OC[C@@H]1CCC[NH+]2CCCC[C@H]12)c1ccccc1. The molecule has 1 unspecified atom stereocenters. The van der Waals surface area contributed by atoms with Crippen LogP contribution in [0.1, 0.15) is 42.5 Å². The molecule has 0 radical (unpaired) electrons. The minimum absolute atomic E-state index is 0.173. The fourth-order valence-corrected chi connectivity index (χ4v) is 3.82. The zero-order chi connectivity index (χ0) is 13.8. The normalized spacial score (nSPS) is 29.5. The van der Waals surface area contributed by atoms with Crippen LogP contribution in [0, 0.1) is 5.92 Å². The monoisotopic (exact) mass is 274 g/mol. The first kappa shape index (κ1) is 13.6. The molecule has 2 aliphatic rings. The van der Waals surface area contributed by atoms with Gasteiger partial charge in [-0.2, -0.15) is 0 Å². The molecule has 1 aromatic carbocycles. The molecule has 2 heterocycles. The molecule has 0 bridgehead atoms. The van der Waals surface area contributed by atoms with Crippen molar-refractivity contribution in [3.63, 3.8) is 0 Å². The number of quaternary nitrogens is 1. The number of carbonyl (C=O) groups is 1. The molecule has 3 atom stereocenters. The number of hydrogen-bond donors (Lipinski definition) is 1. The van der Waals surface area contributed by atoms with Crippen molar-refractivity contribution in [2.24, 2.45) is 5.92 Å². The van der Waals surface area contributed by atoms with Crippen molar-refractivity contribution in [1.82, 2.24) is 0 Å². The third-order valence-electron chi connectivity index (χ3n) is 4.87. The molecule has 1 aromatic rings. The van der Waals surface area contributed by atoms with E-state index in [2.05, 4.69) is 0 Å². The first-order chi connectivity index (χ1) is 9.84. The molecule has 0 saturated carbocycles. The highest BCUT2D eigenvalue weighted by Crippen LogP contribution is 2.21. The van der Waals surface area contributed by atoms with Gasteiger partial charge in [-0.05, 0) is 44.2 Å². The number of carbonyl (C=O) groups excluding carboxylic acids is 1. The summed E-state index contributed by atoms with van der Waals surface area (Å²) in [5, 5.41) is 0. The molecule has 1 N–H and O–H groups in total. The number of hydrogen-bond acceptors (Lipinski definition) is 2. The van der Waals surface area contributed by atoms with Gasteiger partial charge in [-0.1, -0.05) is 18.2 Å². The third-order valence-corrected chi connectivity index (χ3v) is 4.87. The van der Waals surface area contributed by atoms with Crippen LogP contribution in [0.3, 0.4) is 0 Å². The zero-order valence-corrected chi connectivity index (χ0v) is 12.0. The maximum atomic E-state index is 12.0. The number of nitrogens with one attached hydrogen (secondary N) is 1. The second-order valence-electron chi connectivity index (χ2n) is 6.13. The highest BCUT2D eigenvalue weighted by Gasteiger charge is 2.37. The lowest BCUT2D eigenvalue weighted by molar-refractivity contribution is -0.940. The van der Waals surface area contributed by atoms with E-state index >= 15 is 0 Å². The molecule has 3 rings (SSSR count).